The van der Waals surface area contributed by atoms with Gasteiger partial charge in [-0.05, 0) is 50.6 Å². The number of hydrogen-bond donors (Lipinski definition) is 2. The predicted octanol–water partition coefficient (Wildman–Crippen LogP) is 3.07. The molecule has 1 fully saturated rings. The number of unbranched alkanes of at least 4 members (excludes halogenated alkanes) is 1. The number of hydrogen-bond acceptors (Lipinski definition) is 4. The first-order valence-corrected chi connectivity index (χ1v) is 9.71. The van der Waals surface area contributed by atoms with Crippen molar-refractivity contribution in [1.82, 2.24) is 10.2 Å². The minimum absolute atomic E-state index is 0.0259. The lowest BCUT2D eigenvalue weighted by atomic mass is 10.1. The van der Waals surface area contributed by atoms with Crippen molar-refractivity contribution >= 4 is 29.3 Å². The summed E-state index contributed by atoms with van der Waals surface area (Å²) < 4.78 is 0. The highest BCUT2D eigenvalue weighted by atomic mass is 32.2. The van der Waals surface area contributed by atoms with Crippen LogP contribution in [-0.2, 0) is 4.79 Å². The summed E-state index contributed by atoms with van der Waals surface area (Å²) >= 11 is 1.60. The van der Waals surface area contributed by atoms with E-state index >= 15 is 0 Å². The second kappa shape index (κ2) is 8.03. The minimum Gasteiger partial charge on any atom is -0.352 e. The van der Waals surface area contributed by atoms with E-state index in [0.29, 0.717) is 12.1 Å². The van der Waals surface area contributed by atoms with Gasteiger partial charge >= 0.3 is 0 Å². The number of nitrogens with one attached hydrogen (secondary N) is 2. The van der Waals surface area contributed by atoms with E-state index in [9.17, 15) is 9.59 Å². The Morgan fingerprint density at radius 1 is 1.33 bits per heavy atom. The summed E-state index contributed by atoms with van der Waals surface area (Å²) in [5, 5.41) is 5.75. The number of nitrogens with zero attached hydrogens (tertiary/aromatic N) is 1. The molecule has 1 aromatic carbocycles. The Morgan fingerprint density at radius 3 is 2.88 bits per heavy atom. The Bertz CT molecular complexity index is 614. The Kier molecular flexibility index (Phi) is 5.79. The minimum atomic E-state index is -0.151. The summed E-state index contributed by atoms with van der Waals surface area (Å²) in [6.45, 7) is 4.75. The summed E-state index contributed by atoms with van der Waals surface area (Å²) in [6.07, 6.45) is 5.60. The molecule has 0 saturated carbocycles. The van der Waals surface area contributed by atoms with Gasteiger partial charge in [-0.25, -0.2) is 0 Å². The second-order valence-electron chi connectivity index (χ2n) is 6.38. The number of fused-ring (bicyclic) bond motifs is 1. The fourth-order valence-corrected chi connectivity index (χ4v) is 4.26. The highest BCUT2D eigenvalue weighted by molar-refractivity contribution is 8.00. The smallest absolute Gasteiger partial charge is 0.252 e. The number of piperidine rings is 1. The van der Waals surface area contributed by atoms with E-state index in [1.807, 2.05) is 12.1 Å². The molecule has 2 aliphatic heterocycles. The van der Waals surface area contributed by atoms with Gasteiger partial charge in [0.05, 0.1) is 5.69 Å². The standard InChI is InChI=1S/C18H25N3O2S/c1-2-3-9-19-16(22)13-7-8-15-14(12-13)20-17(23)18(24-15)21-10-5-4-6-11-21/h7-8,12,18H,2-6,9-11H2,1H3,(H,19,22)(H,20,23). The first-order valence-electron chi connectivity index (χ1n) is 8.83. The lowest BCUT2D eigenvalue weighted by Crippen LogP contribution is -2.46. The molecule has 2 aliphatic rings. The summed E-state index contributed by atoms with van der Waals surface area (Å²) in [5.74, 6) is -0.0541. The number of rotatable bonds is 5. The molecule has 5 nitrogen and oxygen atoms in total. The van der Waals surface area contributed by atoms with Crippen molar-refractivity contribution in [3.63, 3.8) is 0 Å². The molecule has 1 atom stereocenters. The molecule has 1 unspecified atom stereocenters. The fraction of sp³-hybridized carbons (Fsp3) is 0.556. The molecule has 0 bridgehead atoms. The molecule has 0 spiro atoms. The SMILES string of the molecule is CCCCNC(=O)c1ccc2c(c1)NC(=O)C(N1CCCCC1)S2. The third-order valence-corrected chi connectivity index (χ3v) is 5.85. The Morgan fingerprint density at radius 2 is 2.12 bits per heavy atom. The average Bonchev–Trinajstić information content (AvgIpc) is 2.61. The van der Waals surface area contributed by atoms with Gasteiger partial charge in [-0.15, -0.1) is 0 Å². The number of thioether (sulfide) groups is 1. The summed E-state index contributed by atoms with van der Waals surface area (Å²) in [5.41, 5.74) is 1.35. The zero-order valence-corrected chi connectivity index (χ0v) is 15.0. The van der Waals surface area contributed by atoms with Crippen molar-refractivity contribution in [1.29, 1.82) is 0 Å². The van der Waals surface area contributed by atoms with Gasteiger partial charge in [-0.1, -0.05) is 31.5 Å². The molecule has 0 radical (unpaired) electrons. The van der Waals surface area contributed by atoms with Crippen LogP contribution in [0.25, 0.3) is 0 Å². The molecule has 2 N–H and O–H groups in total. The Hall–Kier alpha value is -1.53. The molecule has 0 aliphatic carbocycles. The number of benzene rings is 1. The van der Waals surface area contributed by atoms with Crippen LogP contribution in [0.5, 0.6) is 0 Å². The lowest BCUT2D eigenvalue weighted by molar-refractivity contribution is -0.118. The van der Waals surface area contributed by atoms with Crippen LogP contribution < -0.4 is 10.6 Å². The number of carbonyl (C=O) groups excluding carboxylic acids is 2. The van der Waals surface area contributed by atoms with E-state index < -0.39 is 0 Å². The molecule has 1 saturated heterocycles. The maximum absolute atomic E-state index is 12.5. The zero-order valence-electron chi connectivity index (χ0n) is 14.1. The van der Waals surface area contributed by atoms with Crippen LogP contribution in [0, 0.1) is 0 Å². The van der Waals surface area contributed by atoms with Gasteiger partial charge in [-0.3, -0.25) is 14.5 Å². The third kappa shape index (κ3) is 3.92. The maximum Gasteiger partial charge on any atom is 0.252 e. The number of carbonyl (C=O) groups is 2. The normalized spacial score (nSPS) is 21.0. The van der Waals surface area contributed by atoms with Crippen molar-refractivity contribution in [2.75, 3.05) is 25.0 Å². The summed E-state index contributed by atoms with van der Waals surface area (Å²) in [4.78, 5) is 27.9. The van der Waals surface area contributed by atoms with Gasteiger partial charge in [0.15, 0.2) is 0 Å². The van der Waals surface area contributed by atoms with E-state index in [2.05, 4.69) is 22.5 Å². The molecule has 2 amide bonds. The largest absolute Gasteiger partial charge is 0.352 e. The highest BCUT2D eigenvalue weighted by Crippen LogP contribution is 2.38. The van der Waals surface area contributed by atoms with E-state index in [4.69, 9.17) is 0 Å². The van der Waals surface area contributed by atoms with E-state index in [1.54, 1.807) is 17.8 Å². The van der Waals surface area contributed by atoms with Crippen LogP contribution in [0.4, 0.5) is 5.69 Å². The molecule has 0 aromatic heterocycles. The average molecular weight is 347 g/mol. The maximum atomic E-state index is 12.5. The van der Waals surface area contributed by atoms with Crippen molar-refractivity contribution in [3.8, 4) is 0 Å². The highest BCUT2D eigenvalue weighted by Gasteiger charge is 2.32. The molecule has 24 heavy (non-hydrogen) atoms. The summed E-state index contributed by atoms with van der Waals surface area (Å²) in [6, 6.07) is 5.58. The molecular formula is C18H25N3O2S. The summed E-state index contributed by atoms with van der Waals surface area (Å²) in [7, 11) is 0. The quantitative estimate of drug-likeness (QED) is 0.804. The van der Waals surface area contributed by atoms with Crippen LogP contribution in [0.15, 0.2) is 23.1 Å². The Labute approximate surface area is 147 Å². The van der Waals surface area contributed by atoms with E-state index in [0.717, 1.165) is 49.4 Å². The lowest BCUT2D eigenvalue weighted by Gasteiger charge is -2.35. The number of anilines is 1. The van der Waals surface area contributed by atoms with Crippen LogP contribution in [0.1, 0.15) is 49.4 Å². The van der Waals surface area contributed by atoms with E-state index in [1.165, 1.54) is 6.42 Å². The van der Waals surface area contributed by atoms with Crippen LogP contribution in [0.2, 0.25) is 0 Å². The third-order valence-electron chi connectivity index (χ3n) is 4.50. The van der Waals surface area contributed by atoms with Crippen molar-refractivity contribution in [2.45, 2.75) is 49.3 Å². The topological polar surface area (TPSA) is 61.4 Å². The number of likely N-dealkylation sites (tertiary alicyclic amines) is 1. The van der Waals surface area contributed by atoms with Gasteiger partial charge in [0.1, 0.15) is 5.37 Å². The van der Waals surface area contributed by atoms with Crippen LogP contribution >= 0.6 is 11.8 Å². The molecule has 1 aromatic rings. The van der Waals surface area contributed by atoms with Gasteiger partial charge in [0.25, 0.3) is 11.8 Å². The van der Waals surface area contributed by atoms with Gasteiger partial charge in [0.2, 0.25) is 0 Å². The molecular weight excluding hydrogens is 322 g/mol. The van der Waals surface area contributed by atoms with E-state index in [-0.39, 0.29) is 17.2 Å². The first-order chi connectivity index (χ1) is 11.7. The monoisotopic (exact) mass is 347 g/mol. The van der Waals surface area contributed by atoms with Crippen molar-refractivity contribution in [3.05, 3.63) is 23.8 Å². The number of amides is 2. The second-order valence-corrected chi connectivity index (χ2v) is 7.50. The molecule has 130 valence electrons. The van der Waals surface area contributed by atoms with Crippen molar-refractivity contribution in [2.24, 2.45) is 0 Å². The Balaban J connectivity index is 1.69. The van der Waals surface area contributed by atoms with Crippen LogP contribution in [0.3, 0.4) is 0 Å². The molecule has 3 rings (SSSR count). The molecule has 6 heteroatoms. The van der Waals surface area contributed by atoms with Crippen LogP contribution in [-0.4, -0.2) is 41.7 Å². The zero-order chi connectivity index (χ0) is 16.9. The first kappa shape index (κ1) is 17.3. The van der Waals surface area contributed by atoms with Gasteiger partial charge < -0.3 is 10.6 Å². The van der Waals surface area contributed by atoms with Crippen molar-refractivity contribution < 1.29 is 9.59 Å². The predicted molar refractivity (Wildman–Crippen MR) is 97.4 cm³/mol. The molecule has 2 heterocycles. The van der Waals surface area contributed by atoms with Gasteiger partial charge in [0, 0.05) is 17.0 Å². The fourth-order valence-electron chi connectivity index (χ4n) is 3.11. The van der Waals surface area contributed by atoms with Gasteiger partial charge in [-0.2, -0.15) is 0 Å².